The van der Waals surface area contributed by atoms with Crippen molar-refractivity contribution in [1.29, 1.82) is 0 Å². The molecule has 2 nitrogen and oxygen atoms in total. The normalized spacial score (nSPS) is 11.3. The zero-order valence-electron chi connectivity index (χ0n) is 21.1. The van der Waals surface area contributed by atoms with Crippen molar-refractivity contribution in [3.63, 3.8) is 0 Å². The fraction of sp³-hybridized carbons (Fsp3) is 0.759. The molecule has 2 heteroatoms. The van der Waals surface area contributed by atoms with Crippen LogP contribution < -0.4 is 0 Å². The Labute approximate surface area is 193 Å². The van der Waals surface area contributed by atoms with E-state index in [1.165, 1.54) is 107 Å². The first-order valence-corrected chi connectivity index (χ1v) is 13.3. The Morgan fingerprint density at radius 2 is 1.35 bits per heavy atom. The third-order valence-corrected chi connectivity index (χ3v) is 6.51. The predicted molar refractivity (Wildman–Crippen MR) is 135 cm³/mol. The van der Waals surface area contributed by atoms with E-state index in [0.717, 1.165) is 6.42 Å². The van der Waals surface area contributed by atoms with Gasteiger partial charge in [-0.2, -0.15) is 0 Å². The van der Waals surface area contributed by atoms with E-state index in [1.54, 1.807) is 0 Å². The number of benzene rings is 1. The minimum Gasteiger partial charge on any atom is -0.465 e. The first-order valence-electron chi connectivity index (χ1n) is 13.3. The summed E-state index contributed by atoms with van der Waals surface area (Å²) in [6, 6.07) is 6.47. The highest BCUT2D eigenvalue weighted by atomic mass is 16.5. The molecule has 0 saturated carbocycles. The van der Waals surface area contributed by atoms with Crippen molar-refractivity contribution in [2.45, 2.75) is 130 Å². The molecule has 0 aliphatic heterocycles. The van der Waals surface area contributed by atoms with Crippen LogP contribution in [0.1, 0.15) is 127 Å². The second-order valence-electron chi connectivity index (χ2n) is 9.59. The van der Waals surface area contributed by atoms with Crippen LogP contribution in [0.2, 0.25) is 0 Å². The average Bonchev–Trinajstić information content (AvgIpc) is 2.75. The predicted octanol–water partition coefficient (Wildman–Crippen LogP) is 8.90. The third kappa shape index (κ3) is 14.4. The van der Waals surface area contributed by atoms with E-state index in [2.05, 4.69) is 45.9 Å². The van der Waals surface area contributed by atoms with Crippen LogP contribution in [0, 0.1) is 19.8 Å². The molecule has 0 N–H and O–H groups in total. The zero-order chi connectivity index (χ0) is 22.7. The van der Waals surface area contributed by atoms with Gasteiger partial charge in [-0.1, -0.05) is 115 Å². The van der Waals surface area contributed by atoms with E-state index >= 15 is 0 Å². The van der Waals surface area contributed by atoms with Gasteiger partial charge >= 0.3 is 5.97 Å². The standard InChI is InChI=1S/C29H50O2/c1-5-7-9-11-13-15-17-27(18-16-14-12-10-8-6-2)24-31-29(30)22-21-28-20-19-25(3)23-26(28)4/h19-20,23,27H,5-18,21-22,24H2,1-4H3. The van der Waals surface area contributed by atoms with Crippen LogP contribution in [-0.2, 0) is 16.0 Å². The van der Waals surface area contributed by atoms with E-state index in [1.807, 2.05) is 0 Å². The van der Waals surface area contributed by atoms with Gasteiger partial charge in [0.2, 0.25) is 0 Å². The summed E-state index contributed by atoms with van der Waals surface area (Å²) in [5.41, 5.74) is 3.81. The fourth-order valence-electron chi connectivity index (χ4n) is 4.38. The minimum atomic E-state index is -0.0316. The van der Waals surface area contributed by atoms with Gasteiger partial charge in [0.15, 0.2) is 0 Å². The number of ether oxygens (including phenoxy) is 1. The van der Waals surface area contributed by atoms with Crippen molar-refractivity contribution < 1.29 is 9.53 Å². The fourth-order valence-corrected chi connectivity index (χ4v) is 4.38. The van der Waals surface area contributed by atoms with Crippen molar-refractivity contribution >= 4 is 5.97 Å². The summed E-state index contributed by atoms with van der Waals surface area (Å²) in [5, 5.41) is 0. The number of aryl methyl sites for hydroxylation is 3. The second kappa shape index (κ2) is 18.3. The first-order chi connectivity index (χ1) is 15.1. The Kier molecular flexibility index (Phi) is 16.3. The van der Waals surface area contributed by atoms with Gasteiger partial charge in [-0.05, 0) is 50.2 Å². The van der Waals surface area contributed by atoms with Crippen LogP contribution in [0.5, 0.6) is 0 Å². The Morgan fingerprint density at radius 1 is 0.806 bits per heavy atom. The van der Waals surface area contributed by atoms with Crippen molar-refractivity contribution in [3.05, 3.63) is 34.9 Å². The van der Waals surface area contributed by atoms with Gasteiger partial charge < -0.3 is 4.74 Å². The largest absolute Gasteiger partial charge is 0.465 e. The van der Waals surface area contributed by atoms with Crippen molar-refractivity contribution in [3.8, 4) is 0 Å². The second-order valence-corrected chi connectivity index (χ2v) is 9.59. The molecule has 0 unspecified atom stereocenters. The van der Waals surface area contributed by atoms with Crippen LogP contribution in [0.25, 0.3) is 0 Å². The quantitative estimate of drug-likeness (QED) is 0.162. The molecule has 31 heavy (non-hydrogen) atoms. The summed E-state index contributed by atoms with van der Waals surface area (Å²) in [7, 11) is 0. The number of carbonyl (C=O) groups is 1. The maximum absolute atomic E-state index is 12.4. The van der Waals surface area contributed by atoms with E-state index < -0.39 is 0 Å². The maximum Gasteiger partial charge on any atom is 0.306 e. The van der Waals surface area contributed by atoms with E-state index in [0.29, 0.717) is 18.9 Å². The number of hydrogen-bond acceptors (Lipinski definition) is 2. The van der Waals surface area contributed by atoms with Gasteiger partial charge in [0.25, 0.3) is 0 Å². The van der Waals surface area contributed by atoms with Gasteiger partial charge in [-0.25, -0.2) is 0 Å². The van der Waals surface area contributed by atoms with E-state index in [-0.39, 0.29) is 5.97 Å². The minimum absolute atomic E-state index is 0.0316. The summed E-state index contributed by atoms with van der Waals surface area (Å²) in [6.45, 7) is 9.40. The van der Waals surface area contributed by atoms with Crippen LogP contribution in [-0.4, -0.2) is 12.6 Å². The van der Waals surface area contributed by atoms with Crippen LogP contribution in [0.3, 0.4) is 0 Å². The van der Waals surface area contributed by atoms with Crippen LogP contribution >= 0.6 is 0 Å². The lowest BCUT2D eigenvalue weighted by molar-refractivity contribution is -0.145. The molecule has 1 aromatic carbocycles. The van der Waals surface area contributed by atoms with Gasteiger partial charge in [-0.3, -0.25) is 4.79 Å². The van der Waals surface area contributed by atoms with Crippen molar-refractivity contribution in [1.82, 2.24) is 0 Å². The zero-order valence-corrected chi connectivity index (χ0v) is 21.1. The molecule has 178 valence electrons. The van der Waals surface area contributed by atoms with Gasteiger partial charge in [0, 0.05) is 6.42 Å². The average molecular weight is 431 g/mol. The lowest BCUT2D eigenvalue weighted by Crippen LogP contribution is -2.15. The smallest absolute Gasteiger partial charge is 0.306 e. The molecule has 0 aliphatic rings. The molecule has 0 amide bonds. The molecule has 0 spiro atoms. The first kappa shape index (κ1) is 27.7. The number of rotatable bonds is 19. The summed E-state index contributed by atoms with van der Waals surface area (Å²) in [4.78, 5) is 12.4. The molecule has 0 aromatic heterocycles. The molecule has 0 saturated heterocycles. The topological polar surface area (TPSA) is 26.3 Å². The highest BCUT2D eigenvalue weighted by Crippen LogP contribution is 2.20. The maximum atomic E-state index is 12.4. The van der Waals surface area contributed by atoms with Gasteiger partial charge in [0.1, 0.15) is 0 Å². The molecule has 0 heterocycles. The lowest BCUT2D eigenvalue weighted by Gasteiger charge is -2.17. The molecule has 0 fully saturated rings. The SMILES string of the molecule is CCCCCCCCC(CCCCCCCC)COC(=O)CCc1ccc(C)cc1C. The van der Waals surface area contributed by atoms with Crippen molar-refractivity contribution in [2.24, 2.45) is 5.92 Å². The monoisotopic (exact) mass is 430 g/mol. The summed E-state index contributed by atoms with van der Waals surface area (Å²) >= 11 is 0. The molecule has 0 radical (unpaired) electrons. The van der Waals surface area contributed by atoms with E-state index in [9.17, 15) is 4.79 Å². The van der Waals surface area contributed by atoms with Crippen LogP contribution in [0.4, 0.5) is 0 Å². The molecule has 0 aliphatic carbocycles. The molecular weight excluding hydrogens is 380 g/mol. The Bertz CT molecular complexity index is 562. The summed E-state index contributed by atoms with van der Waals surface area (Å²) in [6.07, 6.45) is 19.7. The number of unbranched alkanes of at least 4 members (excludes halogenated alkanes) is 10. The number of carbonyl (C=O) groups excluding carboxylic acids is 1. The van der Waals surface area contributed by atoms with Crippen molar-refractivity contribution in [2.75, 3.05) is 6.61 Å². The summed E-state index contributed by atoms with van der Waals surface area (Å²) in [5.74, 6) is 0.512. The Hall–Kier alpha value is -1.31. The third-order valence-electron chi connectivity index (χ3n) is 6.51. The lowest BCUT2D eigenvalue weighted by atomic mass is 9.94. The molecule has 1 rings (SSSR count). The Balaban J connectivity index is 2.34. The number of hydrogen-bond donors (Lipinski definition) is 0. The van der Waals surface area contributed by atoms with Crippen LogP contribution in [0.15, 0.2) is 18.2 Å². The molecule has 0 bridgehead atoms. The highest BCUT2D eigenvalue weighted by Gasteiger charge is 2.13. The number of esters is 1. The molecule has 1 aromatic rings. The van der Waals surface area contributed by atoms with Gasteiger partial charge in [-0.15, -0.1) is 0 Å². The summed E-state index contributed by atoms with van der Waals surface area (Å²) < 4.78 is 5.74. The van der Waals surface area contributed by atoms with Gasteiger partial charge in [0.05, 0.1) is 6.61 Å². The highest BCUT2D eigenvalue weighted by molar-refractivity contribution is 5.69. The molecule has 0 atom stereocenters. The Morgan fingerprint density at radius 3 is 1.90 bits per heavy atom. The van der Waals surface area contributed by atoms with E-state index in [4.69, 9.17) is 4.74 Å². The molecular formula is C29H50O2.